The van der Waals surface area contributed by atoms with E-state index in [0.717, 1.165) is 0 Å². The van der Waals surface area contributed by atoms with Crippen LogP contribution in [-0.2, 0) is 0 Å². The normalized spacial score (nSPS) is 19.7. The van der Waals surface area contributed by atoms with Gasteiger partial charge in [0.25, 0.3) is 0 Å². The first kappa shape index (κ1) is 17.0. The number of nitrogens with one attached hydrogen (secondary N) is 1. The molecule has 1 aromatic heterocycles. The van der Waals surface area contributed by atoms with Crippen LogP contribution in [0.5, 0.6) is 0 Å². The summed E-state index contributed by atoms with van der Waals surface area (Å²) in [5.41, 5.74) is 5.72. The number of hydrogen-bond donors (Lipinski definition) is 2. The number of aromatic nitrogens is 3. The van der Waals surface area contributed by atoms with Gasteiger partial charge in [-0.05, 0) is 19.8 Å². The van der Waals surface area contributed by atoms with E-state index in [9.17, 15) is 0 Å². The van der Waals surface area contributed by atoms with Gasteiger partial charge in [0.1, 0.15) is 5.82 Å². The Morgan fingerprint density at radius 3 is 1.77 bits per heavy atom. The van der Waals surface area contributed by atoms with E-state index < -0.39 is 0 Å². The number of anilines is 2. The van der Waals surface area contributed by atoms with Gasteiger partial charge in [-0.15, -0.1) is 0 Å². The van der Waals surface area contributed by atoms with E-state index in [1.807, 2.05) is 6.92 Å². The fourth-order valence-corrected chi connectivity index (χ4v) is 3.23. The summed E-state index contributed by atoms with van der Waals surface area (Å²) >= 11 is 0. The molecule has 3 N–H and O–H groups in total. The van der Waals surface area contributed by atoms with E-state index in [1.54, 1.807) is 0 Å². The highest BCUT2D eigenvalue weighted by Crippen LogP contribution is 2.19. The molecule has 2 rings (SSSR count). The molecular weight excluding hydrogens is 274 g/mol. The van der Waals surface area contributed by atoms with Gasteiger partial charge in [0.05, 0.1) is 0 Å². The second kappa shape index (κ2) is 9.59. The summed E-state index contributed by atoms with van der Waals surface area (Å²) in [5.74, 6) is 1.62. The van der Waals surface area contributed by atoms with Crippen LogP contribution in [0.2, 0.25) is 0 Å². The Balaban J connectivity index is 1.89. The first-order valence-electron chi connectivity index (χ1n) is 8.99. The molecule has 1 saturated carbocycles. The Hall–Kier alpha value is -1.39. The van der Waals surface area contributed by atoms with Crippen molar-refractivity contribution in [1.29, 1.82) is 0 Å². The largest absolute Gasteiger partial charge is 0.368 e. The van der Waals surface area contributed by atoms with E-state index in [-0.39, 0.29) is 0 Å². The van der Waals surface area contributed by atoms with Gasteiger partial charge >= 0.3 is 0 Å². The molecule has 5 heteroatoms. The summed E-state index contributed by atoms with van der Waals surface area (Å²) in [7, 11) is 0. The second-order valence-electron chi connectivity index (χ2n) is 6.52. The predicted molar refractivity (Wildman–Crippen MR) is 91.8 cm³/mol. The molecule has 0 amide bonds. The maximum absolute atomic E-state index is 5.72. The molecule has 1 aliphatic rings. The summed E-state index contributed by atoms with van der Waals surface area (Å²) in [6, 6.07) is 0.460. The number of nitrogen functional groups attached to an aromatic ring is 1. The molecule has 0 bridgehead atoms. The molecule has 1 aliphatic carbocycles. The van der Waals surface area contributed by atoms with Crippen LogP contribution in [-0.4, -0.2) is 21.0 Å². The van der Waals surface area contributed by atoms with Crippen LogP contribution in [0.3, 0.4) is 0 Å². The van der Waals surface area contributed by atoms with Gasteiger partial charge in [0.2, 0.25) is 11.9 Å². The van der Waals surface area contributed by atoms with Crippen LogP contribution >= 0.6 is 0 Å². The van der Waals surface area contributed by atoms with Gasteiger partial charge in [-0.2, -0.15) is 15.0 Å². The maximum atomic E-state index is 5.72. The molecule has 0 unspecified atom stereocenters. The van der Waals surface area contributed by atoms with E-state index in [2.05, 4.69) is 20.3 Å². The molecule has 1 heterocycles. The minimum atomic E-state index is 0.305. The zero-order chi connectivity index (χ0) is 15.6. The van der Waals surface area contributed by atoms with Crippen molar-refractivity contribution in [2.75, 3.05) is 11.1 Å². The molecule has 0 aliphatic heterocycles. The predicted octanol–water partition coefficient (Wildman–Crippen LogP) is 4.24. The third kappa shape index (κ3) is 6.58. The number of rotatable bonds is 2. The lowest BCUT2D eigenvalue weighted by Crippen LogP contribution is -2.22. The zero-order valence-corrected chi connectivity index (χ0v) is 14.0. The fourth-order valence-electron chi connectivity index (χ4n) is 3.23. The molecule has 1 fully saturated rings. The topological polar surface area (TPSA) is 76.7 Å². The van der Waals surface area contributed by atoms with Gasteiger partial charge in [-0.3, -0.25) is 0 Å². The number of nitrogens with zero attached hydrogens (tertiary/aromatic N) is 3. The summed E-state index contributed by atoms with van der Waals surface area (Å²) in [5, 5.41) is 3.49. The lowest BCUT2D eigenvalue weighted by atomic mass is 10.0. The second-order valence-corrected chi connectivity index (χ2v) is 6.52. The quantitative estimate of drug-likeness (QED) is 0.854. The lowest BCUT2D eigenvalue weighted by molar-refractivity contribution is 0.517. The first-order valence-corrected chi connectivity index (χ1v) is 8.99. The Kier molecular flexibility index (Phi) is 7.40. The van der Waals surface area contributed by atoms with Gasteiger partial charge < -0.3 is 11.1 Å². The van der Waals surface area contributed by atoms with Crippen molar-refractivity contribution in [2.24, 2.45) is 0 Å². The van der Waals surface area contributed by atoms with Crippen molar-refractivity contribution < 1.29 is 0 Å². The fraction of sp³-hybridized carbons (Fsp3) is 0.824. The molecular formula is C17H31N5. The van der Waals surface area contributed by atoms with Crippen molar-refractivity contribution in [2.45, 2.75) is 90.0 Å². The standard InChI is InChI=1S/C17H31N5/c1-14-19-16(18)22-17(20-14)21-15-12-10-8-6-4-2-3-5-7-9-11-13-15/h15H,2-13H2,1H3,(H3,18,19,20,21,22). The summed E-state index contributed by atoms with van der Waals surface area (Å²) in [6.45, 7) is 1.85. The van der Waals surface area contributed by atoms with Crippen molar-refractivity contribution in [3.8, 4) is 0 Å². The van der Waals surface area contributed by atoms with Gasteiger partial charge in [-0.25, -0.2) is 0 Å². The highest BCUT2D eigenvalue weighted by molar-refractivity contribution is 5.31. The van der Waals surface area contributed by atoms with E-state index in [4.69, 9.17) is 5.73 Å². The van der Waals surface area contributed by atoms with Crippen molar-refractivity contribution >= 4 is 11.9 Å². The molecule has 0 aromatic carbocycles. The minimum Gasteiger partial charge on any atom is -0.368 e. The number of aryl methyl sites for hydroxylation is 1. The van der Waals surface area contributed by atoms with Crippen molar-refractivity contribution in [3.05, 3.63) is 5.82 Å². The lowest BCUT2D eigenvalue weighted by Gasteiger charge is -2.19. The number of hydrogen-bond acceptors (Lipinski definition) is 5. The zero-order valence-electron chi connectivity index (χ0n) is 14.0. The molecule has 0 atom stereocenters. The molecule has 124 valence electrons. The molecule has 0 radical (unpaired) electrons. The Morgan fingerprint density at radius 1 is 0.773 bits per heavy atom. The molecule has 5 nitrogen and oxygen atoms in total. The summed E-state index contributed by atoms with van der Waals surface area (Å²) in [6.07, 6.45) is 16.1. The summed E-state index contributed by atoms with van der Waals surface area (Å²) < 4.78 is 0. The third-order valence-electron chi connectivity index (χ3n) is 4.45. The van der Waals surface area contributed by atoms with Gasteiger partial charge in [0, 0.05) is 6.04 Å². The van der Waals surface area contributed by atoms with E-state index in [1.165, 1.54) is 77.0 Å². The van der Waals surface area contributed by atoms with Crippen LogP contribution in [0.4, 0.5) is 11.9 Å². The van der Waals surface area contributed by atoms with Crippen LogP contribution < -0.4 is 11.1 Å². The van der Waals surface area contributed by atoms with Crippen LogP contribution in [0.1, 0.15) is 82.9 Å². The Morgan fingerprint density at radius 2 is 1.27 bits per heavy atom. The molecule has 0 saturated heterocycles. The van der Waals surface area contributed by atoms with E-state index >= 15 is 0 Å². The van der Waals surface area contributed by atoms with Crippen LogP contribution in [0.25, 0.3) is 0 Å². The van der Waals surface area contributed by atoms with Crippen LogP contribution in [0, 0.1) is 6.92 Å². The maximum Gasteiger partial charge on any atom is 0.227 e. The van der Waals surface area contributed by atoms with Gasteiger partial charge in [0.15, 0.2) is 0 Å². The average Bonchev–Trinajstić information content (AvgIpc) is 2.48. The smallest absolute Gasteiger partial charge is 0.227 e. The summed E-state index contributed by atoms with van der Waals surface area (Å²) in [4.78, 5) is 12.6. The first-order chi connectivity index (χ1) is 10.7. The van der Waals surface area contributed by atoms with Crippen molar-refractivity contribution in [3.63, 3.8) is 0 Å². The highest BCUT2D eigenvalue weighted by Gasteiger charge is 2.11. The molecule has 0 spiro atoms. The Bertz CT molecular complexity index is 401. The van der Waals surface area contributed by atoms with E-state index in [0.29, 0.717) is 23.8 Å². The Labute approximate surface area is 134 Å². The molecule has 1 aromatic rings. The van der Waals surface area contributed by atoms with Crippen molar-refractivity contribution in [1.82, 2.24) is 15.0 Å². The SMILES string of the molecule is Cc1nc(N)nc(NC2CCCCCCCCCCCC2)n1. The average molecular weight is 305 g/mol. The van der Waals surface area contributed by atoms with Crippen LogP contribution in [0.15, 0.2) is 0 Å². The minimum absolute atomic E-state index is 0.305. The third-order valence-corrected chi connectivity index (χ3v) is 4.45. The number of nitrogens with two attached hydrogens (primary N) is 1. The highest BCUT2D eigenvalue weighted by atomic mass is 15.2. The molecule has 22 heavy (non-hydrogen) atoms. The van der Waals surface area contributed by atoms with Gasteiger partial charge in [-0.1, -0.05) is 64.2 Å². The monoisotopic (exact) mass is 305 g/mol.